The molecule has 0 radical (unpaired) electrons. The summed E-state index contributed by atoms with van der Waals surface area (Å²) in [6, 6.07) is 0. The van der Waals surface area contributed by atoms with Crippen molar-refractivity contribution >= 4 is 9.84 Å². The van der Waals surface area contributed by atoms with Gasteiger partial charge in [0.15, 0.2) is 0 Å². The molecule has 0 saturated carbocycles. The first-order chi connectivity index (χ1) is 8.21. The summed E-state index contributed by atoms with van der Waals surface area (Å²) in [7, 11) is -0.870. The van der Waals surface area contributed by atoms with Crippen molar-refractivity contribution in [1.82, 2.24) is 15.1 Å². The standard InChI is InChI=1S/C12H27N3O2S/c1-12(2,15-7-5-13-6-8-15)11-14(3)9-10-18(4,16)17/h13H,5-11H2,1-4H3. The molecule has 0 atom stereocenters. The minimum absolute atomic E-state index is 0.0916. The molecule has 5 nitrogen and oxygen atoms in total. The Labute approximate surface area is 111 Å². The van der Waals surface area contributed by atoms with Gasteiger partial charge in [-0.15, -0.1) is 0 Å². The van der Waals surface area contributed by atoms with E-state index >= 15 is 0 Å². The normalized spacial score (nSPS) is 19.4. The van der Waals surface area contributed by atoms with Gasteiger partial charge >= 0.3 is 0 Å². The van der Waals surface area contributed by atoms with Crippen molar-refractivity contribution in [2.45, 2.75) is 19.4 Å². The van der Waals surface area contributed by atoms with E-state index in [0.717, 1.165) is 32.7 Å². The van der Waals surface area contributed by atoms with Crippen molar-refractivity contribution in [2.24, 2.45) is 0 Å². The fourth-order valence-electron chi connectivity index (χ4n) is 2.43. The highest BCUT2D eigenvalue weighted by molar-refractivity contribution is 7.90. The van der Waals surface area contributed by atoms with Crippen LogP contribution < -0.4 is 5.32 Å². The zero-order valence-electron chi connectivity index (χ0n) is 12.1. The van der Waals surface area contributed by atoms with E-state index < -0.39 is 9.84 Å². The Morgan fingerprint density at radius 3 is 2.33 bits per heavy atom. The monoisotopic (exact) mass is 277 g/mol. The van der Waals surface area contributed by atoms with Crippen LogP contribution in [-0.2, 0) is 9.84 Å². The zero-order valence-corrected chi connectivity index (χ0v) is 12.9. The second-order valence-electron chi connectivity index (χ2n) is 5.92. The number of piperazine rings is 1. The number of rotatable bonds is 6. The zero-order chi connectivity index (χ0) is 13.8. The van der Waals surface area contributed by atoms with Gasteiger partial charge in [0, 0.05) is 51.1 Å². The fraction of sp³-hybridized carbons (Fsp3) is 1.00. The Kier molecular flexibility index (Phi) is 5.58. The minimum Gasteiger partial charge on any atom is -0.314 e. The molecule has 0 amide bonds. The van der Waals surface area contributed by atoms with Gasteiger partial charge in [-0.1, -0.05) is 0 Å². The predicted molar refractivity (Wildman–Crippen MR) is 75.7 cm³/mol. The van der Waals surface area contributed by atoms with E-state index in [0.29, 0.717) is 6.54 Å². The van der Waals surface area contributed by atoms with Crippen LogP contribution in [0.2, 0.25) is 0 Å². The van der Waals surface area contributed by atoms with Crippen molar-refractivity contribution in [1.29, 1.82) is 0 Å². The highest BCUT2D eigenvalue weighted by atomic mass is 32.2. The van der Waals surface area contributed by atoms with Gasteiger partial charge in [-0.3, -0.25) is 4.90 Å². The van der Waals surface area contributed by atoms with Crippen LogP contribution in [0.3, 0.4) is 0 Å². The van der Waals surface area contributed by atoms with Gasteiger partial charge in [0.25, 0.3) is 0 Å². The number of hydrogen-bond donors (Lipinski definition) is 1. The van der Waals surface area contributed by atoms with Crippen molar-refractivity contribution in [3.8, 4) is 0 Å². The molecule has 1 saturated heterocycles. The fourth-order valence-corrected chi connectivity index (χ4v) is 3.07. The maximum absolute atomic E-state index is 11.2. The molecule has 1 heterocycles. The molecule has 0 bridgehead atoms. The Bertz CT molecular complexity index is 348. The summed E-state index contributed by atoms with van der Waals surface area (Å²) < 4.78 is 22.3. The summed E-state index contributed by atoms with van der Waals surface area (Å²) in [4.78, 5) is 4.59. The third-order valence-corrected chi connectivity index (χ3v) is 4.40. The van der Waals surface area contributed by atoms with Crippen LogP contribution >= 0.6 is 0 Å². The Hall–Kier alpha value is -0.170. The lowest BCUT2D eigenvalue weighted by atomic mass is 10.0. The molecule has 1 rings (SSSR count). The third kappa shape index (κ3) is 5.65. The molecular formula is C12H27N3O2S. The summed E-state index contributed by atoms with van der Waals surface area (Å²) in [5, 5.41) is 3.35. The molecule has 0 spiro atoms. The van der Waals surface area contributed by atoms with Crippen LogP contribution in [-0.4, -0.2) is 82.1 Å². The Morgan fingerprint density at radius 1 is 1.28 bits per heavy atom. The number of likely N-dealkylation sites (N-methyl/N-ethyl adjacent to an activating group) is 1. The summed E-state index contributed by atoms with van der Waals surface area (Å²) in [5.74, 6) is 0.237. The van der Waals surface area contributed by atoms with Gasteiger partial charge in [-0.2, -0.15) is 0 Å². The maximum atomic E-state index is 11.2. The maximum Gasteiger partial charge on any atom is 0.148 e. The summed E-state index contributed by atoms with van der Waals surface area (Å²) in [6.07, 6.45) is 1.29. The first-order valence-corrected chi connectivity index (χ1v) is 8.59. The van der Waals surface area contributed by atoms with Crippen molar-refractivity contribution in [2.75, 3.05) is 58.3 Å². The van der Waals surface area contributed by atoms with E-state index in [2.05, 4.69) is 29.0 Å². The van der Waals surface area contributed by atoms with E-state index in [1.54, 1.807) is 0 Å². The second kappa shape index (κ2) is 6.32. The lowest BCUT2D eigenvalue weighted by Crippen LogP contribution is -2.57. The van der Waals surface area contributed by atoms with Crippen LogP contribution in [0.25, 0.3) is 0 Å². The highest BCUT2D eigenvalue weighted by Gasteiger charge is 2.28. The largest absolute Gasteiger partial charge is 0.314 e. The second-order valence-corrected chi connectivity index (χ2v) is 8.18. The first-order valence-electron chi connectivity index (χ1n) is 6.53. The SMILES string of the molecule is CN(CCS(C)(=O)=O)CC(C)(C)N1CCNCC1. The molecule has 0 aromatic rings. The Morgan fingerprint density at radius 2 is 1.83 bits per heavy atom. The summed E-state index contributed by atoms with van der Waals surface area (Å²) in [5.41, 5.74) is 0.0916. The molecule has 1 aliphatic rings. The van der Waals surface area contributed by atoms with Crippen LogP contribution in [0.5, 0.6) is 0 Å². The molecule has 1 fully saturated rings. The molecule has 0 aliphatic carbocycles. The number of sulfone groups is 1. The van der Waals surface area contributed by atoms with Gasteiger partial charge in [-0.25, -0.2) is 8.42 Å². The van der Waals surface area contributed by atoms with Gasteiger partial charge in [-0.05, 0) is 20.9 Å². The van der Waals surface area contributed by atoms with Crippen LogP contribution in [0, 0.1) is 0 Å². The predicted octanol–water partition coefficient (Wildman–Crippen LogP) is -0.353. The van der Waals surface area contributed by atoms with Crippen molar-refractivity contribution < 1.29 is 8.42 Å². The Balaban J connectivity index is 2.43. The van der Waals surface area contributed by atoms with E-state index in [-0.39, 0.29) is 11.3 Å². The van der Waals surface area contributed by atoms with E-state index in [1.165, 1.54) is 6.26 Å². The third-order valence-electron chi connectivity index (χ3n) is 3.47. The quantitative estimate of drug-likeness (QED) is 0.719. The molecule has 0 unspecified atom stereocenters. The summed E-state index contributed by atoms with van der Waals surface area (Å²) in [6.45, 7) is 10.2. The molecule has 0 aromatic heterocycles. The molecule has 1 aliphatic heterocycles. The molecule has 0 aromatic carbocycles. The van der Waals surface area contributed by atoms with Crippen molar-refractivity contribution in [3.05, 3.63) is 0 Å². The van der Waals surface area contributed by atoms with Crippen LogP contribution in [0.1, 0.15) is 13.8 Å². The van der Waals surface area contributed by atoms with E-state index in [4.69, 9.17) is 0 Å². The first kappa shape index (κ1) is 15.9. The van der Waals surface area contributed by atoms with Gasteiger partial charge in [0.05, 0.1) is 5.75 Å². The van der Waals surface area contributed by atoms with E-state index in [1.807, 2.05) is 7.05 Å². The average Bonchev–Trinajstić information content (AvgIpc) is 2.26. The highest BCUT2D eigenvalue weighted by Crippen LogP contribution is 2.16. The number of nitrogens with one attached hydrogen (secondary N) is 1. The van der Waals surface area contributed by atoms with Crippen LogP contribution in [0.15, 0.2) is 0 Å². The molecule has 18 heavy (non-hydrogen) atoms. The van der Waals surface area contributed by atoms with Gasteiger partial charge < -0.3 is 10.2 Å². The minimum atomic E-state index is -2.86. The molecule has 6 heteroatoms. The lowest BCUT2D eigenvalue weighted by Gasteiger charge is -2.43. The number of nitrogens with zero attached hydrogens (tertiary/aromatic N) is 2. The molecule has 108 valence electrons. The molecular weight excluding hydrogens is 250 g/mol. The van der Waals surface area contributed by atoms with Crippen molar-refractivity contribution in [3.63, 3.8) is 0 Å². The van der Waals surface area contributed by atoms with E-state index in [9.17, 15) is 8.42 Å². The summed E-state index contributed by atoms with van der Waals surface area (Å²) >= 11 is 0. The molecule has 1 N–H and O–H groups in total. The smallest absolute Gasteiger partial charge is 0.148 e. The average molecular weight is 277 g/mol. The lowest BCUT2D eigenvalue weighted by molar-refractivity contribution is 0.0731. The van der Waals surface area contributed by atoms with Gasteiger partial charge in [0.1, 0.15) is 9.84 Å². The van der Waals surface area contributed by atoms with Crippen LogP contribution in [0.4, 0.5) is 0 Å². The topological polar surface area (TPSA) is 52.7 Å². The number of hydrogen-bond acceptors (Lipinski definition) is 5. The van der Waals surface area contributed by atoms with Gasteiger partial charge in [0.2, 0.25) is 0 Å².